The molecule has 124 valence electrons. The third kappa shape index (κ3) is 2.87. The molecule has 4 aromatic heterocycles. The van der Waals surface area contributed by atoms with Crippen LogP contribution in [0.3, 0.4) is 0 Å². The Morgan fingerprint density at radius 1 is 1.24 bits per heavy atom. The van der Waals surface area contributed by atoms with Gasteiger partial charge in [-0.05, 0) is 25.5 Å². The fourth-order valence-corrected chi connectivity index (χ4v) is 3.29. The van der Waals surface area contributed by atoms with E-state index in [1.807, 2.05) is 42.1 Å². The highest BCUT2D eigenvalue weighted by atomic mass is 32.1. The van der Waals surface area contributed by atoms with Crippen molar-refractivity contribution < 1.29 is 4.79 Å². The van der Waals surface area contributed by atoms with Crippen LogP contribution in [0.25, 0.3) is 16.8 Å². The summed E-state index contributed by atoms with van der Waals surface area (Å²) in [6.07, 6.45) is 8.80. The zero-order chi connectivity index (χ0) is 17.4. The minimum Gasteiger partial charge on any atom is -0.306 e. The summed E-state index contributed by atoms with van der Waals surface area (Å²) in [5.74, 6) is -0.243. The zero-order valence-corrected chi connectivity index (χ0v) is 14.4. The second kappa shape index (κ2) is 6.06. The Labute approximate surface area is 147 Å². The summed E-state index contributed by atoms with van der Waals surface area (Å²) in [6.45, 7) is 3.85. The molecule has 1 N–H and O–H groups in total. The smallest absolute Gasteiger partial charge is 0.261 e. The van der Waals surface area contributed by atoms with Crippen molar-refractivity contribution in [1.29, 1.82) is 0 Å². The molecule has 0 unspecified atom stereocenters. The zero-order valence-electron chi connectivity index (χ0n) is 13.6. The van der Waals surface area contributed by atoms with Gasteiger partial charge in [0.15, 0.2) is 5.13 Å². The summed E-state index contributed by atoms with van der Waals surface area (Å²) in [6, 6.07) is 1.82. The maximum absolute atomic E-state index is 12.8. The molecular weight excluding hydrogens is 336 g/mol. The van der Waals surface area contributed by atoms with Crippen molar-refractivity contribution in [2.45, 2.75) is 13.8 Å². The molecule has 0 aliphatic carbocycles. The number of amides is 1. The van der Waals surface area contributed by atoms with Gasteiger partial charge in [0, 0.05) is 35.1 Å². The third-order valence-electron chi connectivity index (χ3n) is 3.81. The fraction of sp³-hybridized carbons (Fsp3) is 0.118. The largest absolute Gasteiger partial charge is 0.306 e. The number of imidazole rings is 1. The number of thiazole rings is 1. The Hall–Kier alpha value is -3.13. The van der Waals surface area contributed by atoms with E-state index in [0.717, 1.165) is 22.4 Å². The Morgan fingerprint density at radius 2 is 2.08 bits per heavy atom. The van der Waals surface area contributed by atoms with Crippen LogP contribution in [0.15, 0.2) is 42.4 Å². The molecule has 0 saturated heterocycles. The molecule has 0 atom stereocenters. The van der Waals surface area contributed by atoms with Crippen molar-refractivity contribution in [1.82, 2.24) is 24.6 Å². The molecule has 0 spiro atoms. The number of aromatic nitrogens is 5. The summed E-state index contributed by atoms with van der Waals surface area (Å²) in [4.78, 5) is 21.4. The van der Waals surface area contributed by atoms with E-state index in [1.165, 1.54) is 11.3 Å². The lowest BCUT2D eigenvalue weighted by molar-refractivity contribution is 0.102. The number of pyridine rings is 1. The molecule has 0 radical (unpaired) electrons. The molecule has 4 aromatic rings. The topological polar surface area (TPSA) is 85.1 Å². The number of fused-ring (bicyclic) bond motifs is 1. The van der Waals surface area contributed by atoms with Crippen molar-refractivity contribution in [3.05, 3.63) is 59.3 Å². The van der Waals surface area contributed by atoms with E-state index >= 15 is 0 Å². The second-order valence-corrected chi connectivity index (χ2v) is 6.49. The van der Waals surface area contributed by atoms with Crippen molar-refractivity contribution in [3.8, 4) is 11.1 Å². The van der Waals surface area contributed by atoms with E-state index < -0.39 is 0 Å². The van der Waals surface area contributed by atoms with Gasteiger partial charge in [-0.2, -0.15) is 10.2 Å². The summed E-state index contributed by atoms with van der Waals surface area (Å²) >= 11 is 1.39. The number of anilines is 1. The van der Waals surface area contributed by atoms with Crippen molar-refractivity contribution in [2.24, 2.45) is 0 Å². The van der Waals surface area contributed by atoms with Crippen LogP contribution in [-0.4, -0.2) is 30.5 Å². The summed E-state index contributed by atoms with van der Waals surface area (Å²) in [7, 11) is 0. The first-order chi connectivity index (χ1) is 12.1. The molecule has 4 heterocycles. The first-order valence-corrected chi connectivity index (χ1v) is 8.47. The number of nitrogens with one attached hydrogen (secondary N) is 1. The van der Waals surface area contributed by atoms with Gasteiger partial charge in [-0.1, -0.05) is 0 Å². The van der Waals surface area contributed by atoms with Crippen LogP contribution in [0.5, 0.6) is 0 Å². The van der Waals surface area contributed by atoms with Crippen LogP contribution in [0.1, 0.15) is 21.6 Å². The fourth-order valence-electron chi connectivity index (χ4n) is 2.61. The maximum Gasteiger partial charge on any atom is 0.261 e. The molecule has 0 fully saturated rings. The second-order valence-electron chi connectivity index (χ2n) is 5.63. The Bertz CT molecular complexity index is 1080. The SMILES string of the molecule is Cc1csc(NC(=O)c2cc(-c3cnncc3C)cn3ccnc23)n1. The predicted molar refractivity (Wildman–Crippen MR) is 95.8 cm³/mol. The summed E-state index contributed by atoms with van der Waals surface area (Å²) in [5, 5.41) is 13.1. The Balaban J connectivity index is 1.81. The number of hydrogen-bond donors (Lipinski definition) is 1. The monoisotopic (exact) mass is 350 g/mol. The first-order valence-electron chi connectivity index (χ1n) is 7.59. The number of nitrogens with zero attached hydrogens (tertiary/aromatic N) is 5. The third-order valence-corrected chi connectivity index (χ3v) is 4.69. The van der Waals surface area contributed by atoms with Crippen LogP contribution in [0, 0.1) is 13.8 Å². The number of carbonyl (C=O) groups excluding carboxylic acids is 1. The molecule has 0 saturated carbocycles. The van der Waals surface area contributed by atoms with Gasteiger partial charge in [0.2, 0.25) is 0 Å². The van der Waals surface area contributed by atoms with Crippen LogP contribution >= 0.6 is 11.3 Å². The molecule has 0 aliphatic rings. The highest BCUT2D eigenvalue weighted by Crippen LogP contribution is 2.25. The molecule has 7 nitrogen and oxygen atoms in total. The maximum atomic E-state index is 12.8. The van der Waals surface area contributed by atoms with E-state index in [2.05, 4.69) is 25.5 Å². The van der Waals surface area contributed by atoms with E-state index in [-0.39, 0.29) is 5.91 Å². The highest BCUT2D eigenvalue weighted by molar-refractivity contribution is 7.13. The van der Waals surface area contributed by atoms with Crippen LogP contribution in [0.2, 0.25) is 0 Å². The van der Waals surface area contributed by atoms with Gasteiger partial charge < -0.3 is 4.40 Å². The minimum absolute atomic E-state index is 0.243. The van der Waals surface area contributed by atoms with Gasteiger partial charge in [0.1, 0.15) is 5.65 Å². The molecule has 0 aliphatic heterocycles. The average molecular weight is 350 g/mol. The van der Waals surface area contributed by atoms with E-state index in [4.69, 9.17) is 0 Å². The Morgan fingerprint density at radius 3 is 2.84 bits per heavy atom. The van der Waals surface area contributed by atoms with E-state index in [0.29, 0.717) is 16.3 Å². The number of aryl methyl sites for hydroxylation is 2. The Kier molecular flexibility index (Phi) is 3.73. The normalized spacial score (nSPS) is 11.0. The number of rotatable bonds is 3. The lowest BCUT2D eigenvalue weighted by Crippen LogP contribution is -2.13. The molecule has 1 amide bonds. The first kappa shape index (κ1) is 15.4. The van der Waals surface area contributed by atoms with Crippen LogP contribution < -0.4 is 5.32 Å². The lowest BCUT2D eigenvalue weighted by Gasteiger charge is -2.09. The van der Waals surface area contributed by atoms with E-state index in [9.17, 15) is 4.79 Å². The van der Waals surface area contributed by atoms with Crippen LogP contribution in [-0.2, 0) is 0 Å². The van der Waals surface area contributed by atoms with E-state index in [1.54, 1.807) is 18.6 Å². The van der Waals surface area contributed by atoms with Gasteiger partial charge in [0.25, 0.3) is 5.91 Å². The van der Waals surface area contributed by atoms with Crippen LogP contribution in [0.4, 0.5) is 5.13 Å². The predicted octanol–water partition coefficient (Wildman–Crippen LogP) is 3.12. The van der Waals surface area contributed by atoms with Gasteiger partial charge in [-0.3, -0.25) is 10.1 Å². The molecule has 0 aromatic carbocycles. The van der Waals surface area contributed by atoms with Crippen molar-refractivity contribution >= 4 is 28.0 Å². The molecule has 0 bridgehead atoms. The van der Waals surface area contributed by atoms with Gasteiger partial charge in [0.05, 0.1) is 23.7 Å². The van der Waals surface area contributed by atoms with Crippen molar-refractivity contribution in [2.75, 3.05) is 5.32 Å². The standard InChI is InChI=1S/C17H14N6OS/c1-10-6-19-20-7-14(10)12-5-13(15-18-3-4-23(15)8-12)16(24)22-17-21-11(2)9-25-17/h3-9H,1-2H3,(H,21,22,24). The van der Waals surface area contributed by atoms with Gasteiger partial charge in [-0.25, -0.2) is 9.97 Å². The average Bonchev–Trinajstić information content (AvgIpc) is 3.23. The quantitative estimate of drug-likeness (QED) is 0.613. The van der Waals surface area contributed by atoms with Gasteiger partial charge in [-0.15, -0.1) is 11.3 Å². The highest BCUT2D eigenvalue weighted by Gasteiger charge is 2.16. The summed E-state index contributed by atoms with van der Waals surface area (Å²) in [5.41, 5.74) is 4.72. The number of hydrogen-bond acceptors (Lipinski definition) is 6. The molecular formula is C17H14N6OS. The minimum atomic E-state index is -0.243. The lowest BCUT2D eigenvalue weighted by atomic mass is 10.0. The molecule has 8 heteroatoms. The molecule has 4 rings (SSSR count). The van der Waals surface area contributed by atoms with Crippen molar-refractivity contribution in [3.63, 3.8) is 0 Å². The number of carbonyl (C=O) groups is 1. The summed E-state index contributed by atoms with van der Waals surface area (Å²) < 4.78 is 1.83. The van der Waals surface area contributed by atoms with Gasteiger partial charge >= 0.3 is 0 Å². The molecule has 25 heavy (non-hydrogen) atoms.